The largest absolute Gasteiger partial charge is 0.390 e. The molecule has 1 aromatic carbocycles. The van der Waals surface area contributed by atoms with Crippen molar-refractivity contribution in [2.45, 2.75) is 19.4 Å². The molecule has 5 rings (SSSR count). The van der Waals surface area contributed by atoms with Crippen LogP contribution in [-0.4, -0.2) is 43.9 Å². The summed E-state index contributed by atoms with van der Waals surface area (Å²) in [5.74, 6) is 1.10. The van der Waals surface area contributed by atoms with Crippen LogP contribution in [0.1, 0.15) is 28.9 Å². The highest BCUT2D eigenvalue weighted by Crippen LogP contribution is 2.28. The van der Waals surface area contributed by atoms with Crippen molar-refractivity contribution in [1.29, 1.82) is 0 Å². The first-order valence-corrected chi connectivity index (χ1v) is 10.7. The van der Waals surface area contributed by atoms with E-state index in [9.17, 15) is 9.90 Å². The monoisotopic (exact) mass is 428 g/mol. The lowest BCUT2D eigenvalue weighted by Crippen LogP contribution is -2.20. The molecule has 0 radical (unpaired) electrons. The Kier molecular flexibility index (Phi) is 5.28. The standard InChI is InChI=1S/C24H24N6O2/c1-29-21(15-31)20(14-27-29)16-4-5-18-13-26-22(11-19(18)10-16)28-24(32)17-6-7-25-23(12-17)30-8-2-3-9-30/h4-7,10-14,31H,2-3,8-9,15H2,1H3,(H,26,28,32). The summed E-state index contributed by atoms with van der Waals surface area (Å²) in [7, 11) is 1.81. The quantitative estimate of drug-likeness (QED) is 0.506. The summed E-state index contributed by atoms with van der Waals surface area (Å²) in [6, 6.07) is 11.4. The van der Waals surface area contributed by atoms with Crippen molar-refractivity contribution >= 4 is 28.3 Å². The number of rotatable bonds is 5. The van der Waals surface area contributed by atoms with Crippen LogP contribution in [0.3, 0.4) is 0 Å². The maximum absolute atomic E-state index is 12.9. The van der Waals surface area contributed by atoms with Gasteiger partial charge in [0.05, 0.1) is 18.5 Å². The molecular formula is C24H24N6O2. The van der Waals surface area contributed by atoms with Crippen LogP contribution in [0.2, 0.25) is 0 Å². The normalized spacial score (nSPS) is 13.6. The van der Waals surface area contributed by atoms with Gasteiger partial charge in [-0.2, -0.15) is 5.10 Å². The van der Waals surface area contributed by atoms with Gasteiger partial charge in [-0.15, -0.1) is 0 Å². The first-order chi connectivity index (χ1) is 15.6. The Bertz CT molecular complexity index is 1290. The minimum atomic E-state index is -0.217. The average molecular weight is 428 g/mol. The van der Waals surface area contributed by atoms with Crippen molar-refractivity contribution in [2.24, 2.45) is 7.05 Å². The number of fused-ring (bicyclic) bond motifs is 1. The molecule has 1 aliphatic rings. The number of aliphatic hydroxyl groups is 1. The Morgan fingerprint density at radius 3 is 2.72 bits per heavy atom. The van der Waals surface area contributed by atoms with Gasteiger partial charge in [0, 0.05) is 49.0 Å². The van der Waals surface area contributed by atoms with E-state index in [4.69, 9.17) is 0 Å². The van der Waals surface area contributed by atoms with Crippen LogP contribution >= 0.6 is 0 Å². The SMILES string of the molecule is Cn1ncc(-c2ccc3cnc(NC(=O)c4ccnc(N5CCCC5)c4)cc3c2)c1CO. The zero-order chi connectivity index (χ0) is 22.1. The highest BCUT2D eigenvalue weighted by molar-refractivity contribution is 6.05. The number of hydrogen-bond acceptors (Lipinski definition) is 6. The van der Waals surface area contributed by atoms with Gasteiger partial charge in [-0.05, 0) is 48.1 Å². The van der Waals surface area contributed by atoms with E-state index in [2.05, 4.69) is 25.3 Å². The molecule has 8 heteroatoms. The van der Waals surface area contributed by atoms with Crippen molar-refractivity contribution in [3.05, 3.63) is 66.2 Å². The number of nitrogens with zero attached hydrogens (tertiary/aromatic N) is 5. The Morgan fingerprint density at radius 2 is 1.91 bits per heavy atom. The molecular weight excluding hydrogens is 404 g/mol. The summed E-state index contributed by atoms with van der Waals surface area (Å²) in [6.07, 6.45) is 7.47. The molecule has 0 bridgehead atoms. The fraction of sp³-hybridized carbons (Fsp3) is 0.250. The fourth-order valence-electron chi connectivity index (χ4n) is 4.14. The Hall–Kier alpha value is -3.78. The molecule has 0 unspecified atom stereocenters. The minimum absolute atomic E-state index is 0.0904. The van der Waals surface area contributed by atoms with E-state index >= 15 is 0 Å². The van der Waals surface area contributed by atoms with Gasteiger partial charge in [-0.3, -0.25) is 9.48 Å². The number of benzene rings is 1. The van der Waals surface area contributed by atoms with Crippen LogP contribution in [0, 0.1) is 0 Å². The highest BCUT2D eigenvalue weighted by atomic mass is 16.3. The smallest absolute Gasteiger partial charge is 0.257 e. The molecule has 8 nitrogen and oxygen atoms in total. The van der Waals surface area contributed by atoms with Crippen LogP contribution in [-0.2, 0) is 13.7 Å². The number of pyridine rings is 2. The van der Waals surface area contributed by atoms with Gasteiger partial charge in [0.1, 0.15) is 11.6 Å². The number of nitrogens with one attached hydrogen (secondary N) is 1. The Morgan fingerprint density at radius 1 is 1.06 bits per heavy atom. The summed E-state index contributed by atoms with van der Waals surface area (Å²) >= 11 is 0. The van der Waals surface area contributed by atoms with Crippen LogP contribution in [0.25, 0.3) is 21.9 Å². The van der Waals surface area contributed by atoms with Gasteiger partial charge >= 0.3 is 0 Å². The summed E-state index contributed by atoms with van der Waals surface area (Å²) in [4.78, 5) is 23.9. The van der Waals surface area contributed by atoms with Crippen molar-refractivity contribution in [3.8, 4) is 11.1 Å². The van der Waals surface area contributed by atoms with E-state index in [1.807, 2.05) is 37.4 Å². The molecule has 0 saturated carbocycles. The summed E-state index contributed by atoms with van der Waals surface area (Å²) < 4.78 is 1.67. The van der Waals surface area contributed by atoms with E-state index < -0.39 is 0 Å². The molecule has 1 fully saturated rings. The molecule has 1 amide bonds. The lowest BCUT2D eigenvalue weighted by Gasteiger charge is -2.16. The first-order valence-electron chi connectivity index (χ1n) is 10.7. The summed E-state index contributed by atoms with van der Waals surface area (Å²) in [5.41, 5.74) is 3.13. The zero-order valence-corrected chi connectivity index (χ0v) is 17.8. The molecule has 1 aliphatic heterocycles. The van der Waals surface area contributed by atoms with E-state index in [0.29, 0.717) is 11.4 Å². The first kappa shape index (κ1) is 20.1. The molecule has 0 atom stereocenters. The second kappa shape index (κ2) is 8.39. The van der Waals surface area contributed by atoms with Crippen LogP contribution in [0.15, 0.2) is 55.0 Å². The molecule has 1 saturated heterocycles. The predicted molar refractivity (Wildman–Crippen MR) is 124 cm³/mol. The van der Waals surface area contributed by atoms with Gasteiger partial charge in [0.15, 0.2) is 0 Å². The van der Waals surface area contributed by atoms with Crippen molar-refractivity contribution < 1.29 is 9.90 Å². The second-order valence-corrected chi connectivity index (χ2v) is 7.97. The van der Waals surface area contributed by atoms with Crippen molar-refractivity contribution in [3.63, 3.8) is 0 Å². The number of anilines is 2. The third kappa shape index (κ3) is 3.80. The lowest BCUT2D eigenvalue weighted by atomic mass is 10.0. The topological polar surface area (TPSA) is 96.2 Å². The van der Waals surface area contributed by atoms with E-state index in [0.717, 1.165) is 59.3 Å². The molecule has 4 heterocycles. The van der Waals surface area contributed by atoms with Gasteiger partial charge in [0.2, 0.25) is 0 Å². The van der Waals surface area contributed by atoms with Gasteiger partial charge in [-0.25, -0.2) is 9.97 Å². The number of carbonyl (C=O) groups is 1. The van der Waals surface area contributed by atoms with Gasteiger partial charge in [0.25, 0.3) is 5.91 Å². The third-order valence-electron chi connectivity index (χ3n) is 5.92. The molecule has 32 heavy (non-hydrogen) atoms. The Labute approximate surface area is 185 Å². The van der Waals surface area contributed by atoms with Crippen LogP contribution in [0.5, 0.6) is 0 Å². The molecule has 0 aliphatic carbocycles. The van der Waals surface area contributed by atoms with Crippen LogP contribution < -0.4 is 10.2 Å². The molecule has 0 spiro atoms. The number of hydrogen-bond donors (Lipinski definition) is 2. The zero-order valence-electron chi connectivity index (χ0n) is 17.8. The number of amides is 1. The average Bonchev–Trinajstić information content (AvgIpc) is 3.48. The maximum Gasteiger partial charge on any atom is 0.257 e. The molecule has 2 N–H and O–H groups in total. The van der Waals surface area contributed by atoms with Gasteiger partial charge in [-0.1, -0.05) is 12.1 Å². The number of aryl methyl sites for hydroxylation is 1. The number of carbonyl (C=O) groups excluding carboxylic acids is 1. The number of aromatic nitrogens is 4. The summed E-state index contributed by atoms with van der Waals surface area (Å²) in [5, 5.41) is 18.7. The summed E-state index contributed by atoms with van der Waals surface area (Å²) in [6.45, 7) is 1.86. The minimum Gasteiger partial charge on any atom is -0.390 e. The number of aliphatic hydroxyl groups excluding tert-OH is 1. The van der Waals surface area contributed by atoms with E-state index in [-0.39, 0.29) is 12.5 Å². The van der Waals surface area contributed by atoms with Crippen molar-refractivity contribution in [1.82, 2.24) is 19.7 Å². The predicted octanol–water partition coefficient (Wildman–Crippen LogP) is 3.38. The second-order valence-electron chi connectivity index (χ2n) is 7.97. The van der Waals surface area contributed by atoms with E-state index in [1.165, 1.54) is 0 Å². The van der Waals surface area contributed by atoms with Crippen LogP contribution in [0.4, 0.5) is 11.6 Å². The fourth-order valence-corrected chi connectivity index (χ4v) is 4.14. The van der Waals surface area contributed by atoms with Gasteiger partial charge < -0.3 is 15.3 Å². The molecule has 3 aromatic heterocycles. The van der Waals surface area contributed by atoms with E-state index in [1.54, 1.807) is 29.3 Å². The van der Waals surface area contributed by atoms with Crippen molar-refractivity contribution in [2.75, 3.05) is 23.3 Å². The highest BCUT2D eigenvalue weighted by Gasteiger charge is 2.16. The third-order valence-corrected chi connectivity index (χ3v) is 5.92. The Balaban J connectivity index is 1.41. The maximum atomic E-state index is 12.9. The molecule has 162 valence electrons. The molecule has 4 aromatic rings. The lowest BCUT2D eigenvalue weighted by molar-refractivity contribution is 0.102.